The van der Waals surface area contributed by atoms with Crippen molar-refractivity contribution in [1.82, 2.24) is 4.57 Å². The minimum Gasteiger partial charge on any atom is -0.347 e. The van der Waals surface area contributed by atoms with Crippen LogP contribution in [0.5, 0.6) is 0 Å². The summed E-state index contributed by atoms with van der Waals surface area (Å²) >= 11 is 0. The lowest BCUT2D eigenvalue weighted by Gasteiger charge is -2.04. The molecular weight excluding hydrogens is 198 g/mol. The zero-order valence-electron chi connectivity index (χ0n) is 9.65. The second-order valence-corrected chi connectivity index (χ2v) is 4.06. The van der Waals surface area contributed by atoms with Gasteiger partial charge in [-0.2, -0.15) is 0 Å². The van der Waals surface area contributed by atoms with E-state index in [1.807, 2.05) is 13.0 Å². The Morgan fingerprint density at radius 2 is 2.06 bits per heavy atom. The van der Waals surface area contributed by atoms with Crippen molar-refractivity contribution in [2.45, 2.75) is 32.7 Å². The molecule has 1 heterocycles. The quantitative estimate of drug-likeness (QED) is 0.749. The Morgan fingerprint density at radius 3 is 2.88 bits per heavy atom. The highest BCUT2D eigenvalue weighted by Gasteiger charge is 2.01. The van der Waals surface area contributed by atoms with Crippen molar-refractivity contribution in [3.8, 4) is 0 Å². The molecular formula is C14H17NO. The molecule has 0 aliphatic heterocycles. The largest absolute Gasteiger partial charge is 0.347 e. The predicted molar refractivity (Wildman–Crippen MR) is 66.5 cm³/mol. The molecule has 2 aromatic rings. The highest BCUT2D eigenvalue weighted by molar-refractivity contribution is 5.80. The molecule has 84 valence electrons. The van der Waals surface area contributed by atoms with Gasteiger partial charge in [0.25, 0.3) is 0 Å². The SMILES string of the molecule is CCC(=O)CCCn1ccc2ccccc21. The molecule has 16 heavy (non-hydrogen) atoms. The molecule has 0 spiro atoms. The van der Waals surface area contributed by atoms with E-state index in [2.05, 4.69) is 35.0 Å². The van der Waals surface area contributed by atoms with Crippen molar-refractivity contribution in [3.05, 3.63) is 36.5 Å². The maximum absolute atomic E-state index is 11.2. The fourth-order valence-electron chi connectivity index (χ4n) is 1.96. The van der Waals surface area contributed by atoms with E-state index in [0.717, 1.165) is 13.0 Å². The highest BCUT2D eigenvalue weighted by Crippen LogP contribution is 2.15. The Morgan fingerprint density at radius 1 is 1.25 bits per heavy atom. The van der Waals surface area contributed by atoms with Crippen LogP contribution >= 0.6 is 0 Å². The van der Waals surface area contributed by atoms with Crippen LogP contribution in [0.1, 0.15) is 26.2 Å². The van der Waals surface area contributed by atoms with Gasteiger partial charge in [0.2, 0.25) is 0 Å². The van der Waals surface area contributed by atoms with Crippen molar-refractivity contribution in [2.75, 3.05) is 0 Å². The Labute approximate surface area is 95.9 Å². The summed E-state index contributed by atoms with van der Waals surface area (Å²) in [6.45, 7) is 2.85. The van der Waals surface area contributed by atoms with E-state index >= 15 is 0 Å². The molecule has 0 bridgehead atoms. The topological polar surface area (TPSA) is 22.0 Å². The maximum Gasteiger partial charge on any atom is 0.132 e. The Bertz CT molecular complexity index is 484. The molecule has 2 rings (SSSR count). The molecule has 0 saturated carbocycles. The molecule has 0 fully saturated rings. The number of nitrogens with zero attached hydrogens (tertiary/aromatic N) is 1. The minimum atomic E-state index is 0.358. The number of benzene rings is 1. The third-order valence-corrected chi connectivity index (χ3v) is 2.93. The van der Waals surface area contributed by atoms with E-state index in [1.54, 1.807) is 0 Å². The number of carbonyl (C=O) groups is 1. The molecule has 0 aliphatic rings. The molecule has 0 N–H and O–H groups in total. The summed E-state index contributed by atoms with van der Waals surface area (Å²) in [5.74, 6) is 0.358. The fourth-order valence-corrected chi connectivity index (χ4v) is 1.96. The van der Waals surface area contributed by atoms with Gasteiger partial charge in [-0.3, -0.25) is 4.79 Å². The zero-order chi connectivity index (χ0) is 11.4. The third-order valence-electron chi connectivity index (χ3n) is 2.93. The van der Waals surface area contributed by atoms with Gasteiger partial charge in [0.05, 0.1) is 0 Å². The summed E-state index contributed by atoms with van der Waals surface area (Å²) in [4.78, 5) is 11.2. The van der Waals surface area contributed by atoms with Gasteiger partial charge in [-0.15, -0.1) is 0 Å². The number of aromatic nitrogens is 1. The number of hydrogen-bond donors (Lipinski definition) is 0. The van der Waals surface area contributed by atoms with Crippen LogP contribution in [0.3, 0.4) is 0 Å². The average Bonchev–Trinajstić information content (AvgIpc) is 2.73. The standard InChI is InChI=1S/C14H17NO/c1-2-13(16)7-5-10-15-11-9-12-6-3-4-8-14(12)15/h3-4,6,8-9,11H,2,5,7,10H2,1H3. The molecule has 0 amide bonds. The second kappa shape index (κ2) is 4.97. The molecule has 2 heteroatoms. The van der Waals surface area contributed by atoms with E-state index in [4.69, 9.17) is 0 Å². The first kappa shape index (κ1) is 10.9. The van der Waals surface area contributed by atoms with Crippen LogP contribution in [-0.2, 0) is 11.3 Å². The van der Waals surface area contributed by atoms with Gasteiger partial charge in [0, 0.05) is 31.1 Å². The van der Waals surface area contributed by atoms with Gasteiger partial charge < -0.3 is 4.57 Å². The first-order valence-electron chi connectivity index (χ1n) is 5.87. The first-order valence-corrected chi connectivity index (χ1v) is 5.87. The van der Waals surface area contributed by atoms with E-state index in [-0.39, 0.29) is 0 Å². The van der Waals surface area contributed by atoms with Gasteiger partial charge in [-0.25, -0.2) is 0 Å². The molecule has 0 atom stereocenters. The van der Waals surface area contributed by atoms with Gasteiger partial charge in [-0.1, -0.05) is 25.1 Å². The number of rotatable bonds is 5. The minimum absolute atomic E-state index is 0.358. The lowest BCUT2D eigenvalue weighted by Crippen LogP contribution is -2.00. The monoisotopic (exact) mass is 215 g/mol. The summed E-state index contributed by atoms with van der Waals surface area (Å²) in [7, 11) is 0. The van der Waals surface area contributed by atoms with Crippen LogP contribution < -0.4 is 0 Å². The van der Waals surface area contributed by atoms with Gasteiger partial charge >= 0.3 is 0 Å². The molecule has 1 aromatic heterocycles. The molecule has 0 radical (unpaired) electrons. The number of aryl methyl sites for hydroxylation is 1. The Balaban J connectivity index is 2.02. The number of Topliss-reactive ketones (excluding diaryl/α,β-unsaturated/α-hetero) is 1. The van der Waals surface area contributed by atoms with Crippen molar-refractivity contribution in [1.29, 1.82) is 0 Å². The first-order chi connectivity index (χ1) is 7.81. The summed E-state index contributed by atoms with van der Waals surface area (Å²) in [5, 5.41) is 1.27. The molecule has 1 aromatic carbocycles. The molecule has 0 saturated heterocycles. The van der Waals surface area contributed by atoms with E-state index < -0.39 is 0 Å². The van der Waals surface area contributed by atoms with E-state index in [9.17, 15) is 4.79 Å². The second-order valence-electron chi connectivity index (χ2n) is 4.06. The van der Waals surface area contributed by atoms with Crippen molar-refractivity contribution in [2.24, 2.45) is 0 Å². The van der Waals surface area contributed by atoms with E-state index in [0.29, 0.717) is 18.6 Å². The smallest absolute Gasteiger partial charge is 0.132 e. The van der Waals surface area contributed by atoms with Gasteiger partial charge in [-0.05, 0) is 23.9 Å². The molecule has 2 nitrogen and oxygen atoms in total. The van der Waals surface area contributed by atoms with Crippen LogP contribution in [-0.4, -0.2) is 10.4 Å². The lowest BCUT2D eigenvalue weighted by atomic mass is 10.2. The van der Waals surface area contributed by atoms with Crippen LogP contribution in [0.4, 0.5) is 0 Å². The van der Waals surface area contributed by atoms with Crippen LogP contribution in [0.25, 0.3) is 10.9 Å². The number of fused-ring (bicyclic) bond motifs is 1. The summed E-state index contributed by atoms with van der Waals surface area (Å²) < 4.78 is 2.22. The van der Waals surface area contributed by atoms with Gasteiger partial charge in [0.1, 0.15) is 5.78 Å². The number of carbonyl (C=O) groups excluding carboxylic acids is 1. The Hall–Kier alpha value is -1.57. The maximum atomic E-state index is 11.2. The number of para-hydroxylation sites is 1. The number of hydrogen-bond acceptors (Lipinski definition) is 1. The van der Waals surface area contributed by atoms with Gasteiger partial charge in [0.15, 0.2) is 0 Å². The fraction of sp³-hybridized carbons (Fsp3) is 0.357. The number of ketones is 1. The highest BCUT2D eigenvalue weighted by atomic mass is 16.1. The summed E-state index contributed by atoms with van der Waals surface area (Å²) in [5.41, 5.74) is 1.26. The van der Waals surface area contributed by atoms with Crippen LogP contribution in [0, 0.1) is 0 Å². The summed E-state index contributed by atoms with van der Waals surface area (Å²) in [6.07, 6.45) is 4.39. The molecule has 0 unspecified atom stereocenters. The lowest BCUT2D eigenvalue weighted by molar-refractivity contribution is -0.118. The average molecular weight is 215 g/mol. The summed E-state index contributed by atoms with van der Waals surface area (Å²) in [6, 6.07) is 10.5. The normalized spacial score (nSPS) is 10.8. The molecule has 0 aliphatic carbocycles. The third kappa shape index (κ3) is 2.32. The Kier molecular flexibility index (Phi) is 3.40. The predicted octanol–water partition coefficient (Wildman–Crippen LogP) is 3.40. The van der Waals surface area contributed by atoms with Crippen molar-refractivity contribution in [3.63, 3.8) is 0 Å². The van der Waals surface area contributed by atoms with Crippen LogP contribution in [0.2, 0.25) is 0 Å². The van der Waals surface area contributed by atoms with Crippen LogP contribution in [0.15, 0.2) is 36.5 Å². The zero-order valence-corrected chi connectivity index (χ0v) is 9.65. The van der Waals surface area contributed by atoms with Crippen molar-refractivity contribution >= 4 is 16.7 Å². The van der Waals surface area contributed by atoms with Crippen molar-refractivity contribution < 1.29 is 4.79 Å². The van der Waals surface area contributed by atoms with E-state index in [1.165, 1.54) is 10.9 Å².